The second-order valence-electron chi connectivity index (χ2n) is 3.88. The van der Waals surface area contributed by atoms with Crippen LogP contribution in [-0.2, 0) is 0 Å². The van der Waals surface area contributed by atoms with Crippen LogP contribution < -0.4 is 15.2 Å². The van der Waals surface area contributed by atoms with Crippen LogP contribution in [0.3, 0.4) is 0 Å². The zero-order valence-corrected chi connectivity index (χ0v) is 14.8. The minimum atomic E-state index is -0.441. The standard InChI is InChI=1S/C14H11I2NO3/c1-19-8-2-4-9(5-3-8)20-11-7-6-10(14(17)18)12(15)13(11)16/h2-7H,1H3,(H2,17,18). The molecule has 2 aromatic rings. The molecule has 2 aromatic carbocycles. The molecule has 20 heavy (non-hydrogen) atoms. The van der Waals surface area contributed by atoms with Gasteiger partial charge in [0.1, 0.15) is 17.2 Å². The van der Waals surface area contributed by atoms with Crippen LogP contribution in [-0.4, -0.2) is 13.0 Å². The van der Waals surface area contributed by atoms with Crippen molar-refractivity contribution in [3.05, 3.63) is 49.1 Å². The minimum absolute atomic E-state index is 0.441. The molecule has 0 unspecified atom stereocenters. The van der Waals surface area contributed by atoms with Crippen molar-refractivity contribution in [3.8, 4) is 17.2 Å². The number of methoxy groups -OCH3 is 1. The van der Waals surface area contributed by atoms with E-state index in [4.69, 9.17) is 15.2 Å². The van der Waals surface area contributed by atoms with Gasteiger partial charge in [0, 0.05) is 3.57 Å². The number of nitrogens with two attached hydrogens (primary N) is 1. The lowest BCUT2D eigenvalue weighted by Gasteiger charge is -2.11. The van der Waals surface area contributed by atoms with Gasteiger partial charge in [0.15, 0.2) is 0 Å². The van der Waals surface area contributed by atoms with Gasteiger partial charge in [-0.2, -0.15) is 0 Å². The highest BCUT2D eigenvalue weighted by atomic mass is 127. The highest BCUT2D eigenvalue weighted by molar-refractivity contribution is 14.1. The first-order valence-corrected chi connectivity index (χ1v) is 7.78. The molecule has 0 saturated carbocycles. The monoisotopic (exact) mass is 495 g/mol. The average Bonchev–Trinajstić information content (AvgIpc) is 2.44. The van der Waals surface area contributed by atoms with Gasteiger partial charge in [0.2, 0.25) is 5.91 Å². The number of carbonyl (C=O) groups excluding carboxylic acids is 1. The van der Waals surface area contributed by atoms with Gasteiger partial charge < -0.3 is 15.2 Å². The lowest BCUT2D eigenvalue weighted by molar-refractivity contribution is 0.0999. The number of primary amides is 1. The van der Waals surface area contributed by atoms with E-state index in [1.54, 1.807) is 19.2 Å². The summed E-state index contributed by atoms with van der Waals surface area (Å²) in [5, 5.41) is 0. The Hall–Kier alpha value is -1.03. The maximum atomic E-state index is 11.3. The summed E-state index contributed by atoms with van der Waals surface area (Å²) in [5.41, 5.74) is 5.81. The maximum Gasteiger partial charge on any atom is 0.249 e. The predicted molar refractivity (Wildman–Crippen MR) is 93.5 cm³/mol. The molecule has 0 saturated heterocycles. The van der Waals surface area contributed by atoms with Crippen LogP contribution in [0.1, 0.15) is 10.4 Å². The smallest absolute Gasteiger partial charge is 0.249 e. The molecule has 104 valence electrons. The number of ether oxygens (including phenoxy) is 2. The Morgan fingerprint density at radius 2 is 1.60 bits per heavy atom. The third-order valence-corrected chi connectivity index (χ3v) is 5.82. The second kappa shape index (κ2) is 6.61. The van der Waals surface area contributed by atoms with Crippen molar-refractivity contribution < 1.29 is 14.3 Å². The summed E-state index contributed by atoms with van der Waals surface area (Å²) in [6.07, 6.45) is 0. The predicted octanol–water partition coefficient (Wildman–Crippen LogP) is 3.80. The van der Waals surface area contributed by atoms with Crippen molar-refractivity contribution in [2.75, 3.05) is 7.11 Å². The van der Waals surface area contributed by atoms with Crippen molar-refractivity contribution in [1.29, 1.82) is 0 Å². The van der Waals surface area contributed by atoms with Crippen LogP contribution in [0.4, 0.5) is 0 Å². The Balaban J connectivity index is 2.29. The molecule has 0 radical (unpaired) electrons. The van der Waals surface area contributed by atoms with Crippen LogP contribution in [0, 0.1) is 7.14 Å². The molecule has 0 aliphatic carbocycles. The molecule has 0 atom stereocenters. The number of hydrogen-bond acceptors (Lipinski definition) is 3. The van der Waals surface area contributed by atoms with Crippen LogP contribution >= 0.6 is 45.2 Å². The normalized spacial score (nSPS) is 10.2. The molecule has 2 rings (SSSR count). The molecule has 0 fully saturated rings. The minimum Gasteiger partial charge on any atom is -0.497 e. The topological polar surface area (TPSA) is 61.6 Å². The lowest BCUT2D eigenvalue weighted by Crippen LogP contribution is -2.13. The summed E-state index contributed by atoms with van der Waals surface area (Å²) in [7, 11) is 1.61. The summed E-state index contributed by atoms with van der Waals surface area (Å²) in [4.78, 5) is 11.3. The van der Waals surface area contributed by atoms with Crippen molar-refractivity contribution >= 4 is 51.1 Å². The van der Waals surface area contributed by atoms with Gasteiger partial charge in [0.25, 0.3) is 0 Å². The quantitative estimate of drug-likeness (QED) is 0.658. The molecule has 0 aromatic heterocycles. The Labute approximate surface area is 143 Å². The molecular weight excluding hydrogens is 484 g/mol. The van der Waals surface area contributed by atoms with Gasteiger partial charge in [-0.05, 0) is 81.6 Å². The van der Waals surface area contributed by atoms with Crippen LogP contribution in [0.25, 0.3) is 0 Å². The van der Waals surface area contributed by atoms with Crippen molar-refractivity contribution in [2.45, 2.75) is 0 Å². The van der Waals surface area contributed by atoms with E-state index in [9.17, 15) is 4.79 Å². The number of benzene rings is 2. The molecule has 4 nitrogen and oxygen atoms in total. The van der Waals surface area contributed by atoms with E-state index in [0.717, 1.165) is 12.9 Å². The molecule has 0 heterocycles. The van der Waals surface area contributed by atoms with E-state index in [0.29, 0.717) is 17.1 Å². The van der Waals surface area contributed by atoms with Crippen LogP contribution in [0.5, 0.6) is 17.2 Å². The molecule has 0 aliphatic rings. The molecule has 0 bridgehead atoms. The summed E-state index contributed by atoms with van der Waals surface area (Å²) in [5.74, 6) is 1.71. The molecule has 2 N–H and O–H groups in total. The van der Waals surface area contributed by atoms with Gasteiger partial charge in [-0.15, -0.1) is 0 Å². The highest BCUT2D eigenvalue weighted by Gasteiger charge is 2.14. The average molecular weight is 495 g/mol. The SMILES string of the molecule is COc1ccc(Oc2ccc(C(N)=O)c(I)c2I)cc1. The summed E-state index contributed by atoms with van der Waals surface area (Å²) in [6.45, 7) is 0. The van der Waals surface area contributed by atoms with Gasteiger partial charge in [0.05, 0.1) is 16.2 Å². The first-order valence-electron chi connectivity index (χ1n) is 5.62. The first kappa shape index (κ1) is 15.4. The van der Waals surface area contributed by atoms with E-state index >= 15 is 0 Å². The van der Waals surface area contributed by atoms with Gasteiger partial charge in [-0.1, -0.05) is 0 Å². The second-order valence-corrected chi connectivity index (χ2v) is 6.04. The van der Waals surface area contributed by atoms with E-state index in [1.165, 1.54) is 0 Å². The number of rotatable bonds is 4. The molecule has 0 spiro atoms. The third-order valence-electron chi connectivity index (χ3n) is 2.60. The fraction of sp³-hybridized carbons (Fsp3) is 0.0714. The van der Waals surface area contributed by atoms with Crippen LogP contribution in [0.15, 0.2) is 36.4 Å². The van der Waals surface area contributed by atoms with Crippen molar-refractivity contribution in [3.63, 3.8) is 0 Å². The van der Waals surface area contributed by atoms with E-state index in [-0.39, 0.29) is 0 Å². The Kier molecular flexibility index (Phi) is 5.08. The molecular formula is C14H11I2NO3. The largest absolute Gasteiger partial charge is 0.497 e. The van der Waals surface area contributed by atoms with E-state index in [1.807, 2.05) is 24.3 Å². The Morgan fingerprint density at radius 1 is 1.00 bits per heavy atom. The summed E-state index contributed by atoms with van der Waals surface area (Å²) < 4.78 is 12.5. The number of carbonyl (C=O) groups is 1. The molecule has 1 amide bonds. The van der Waals surface area contributed by atoms with Gasteiger partial charge in [-0.25, -0.2) is 0 Å². The first-order chi connectivity index (χ1) is 9.52. The summed E-state index contributed by atoms with van der Waals surface area (Å²) >= 11 is 4.23. The van der Waals surface area contributed by atoms with Crippen molar-refractivity contribution in [2.24, 2.45) is 5.73 Å². The molecule has 0 aliphatic heterocycles. The molecule has 6 heteroatoms. The van der Waals surface area contributed by atoms with Gasteiger partial charge >= 0.3 is 0 Å². The Morgan fingerprint density at radius 3 is 2.15 bits per heavy atom. The van der Waals surface area contributed by atoms with Crippen molar-refractivity contribution in [1.82, 2.24) is 0 Å². The third kappa shape index (κ3) is 3.35. The summed E-state index contributed by atoms with van der Waals surface area (Å²) in [6, 6.07) is 10.7. The number of amides is 1. The Bertz CT molecular complexity index is 642. The zero-order chi connectivity index (χ0) is 14.7. The maximum absolute atomic E-state index is 11.3. The fourth-order valence-corrected chi connectivity index (χ4v) is 2.86. The zero-order valence-electron chi connectivity index (χ0n) is 10.5. The van der Waals surface area contributed by atoms with Crippen LogP contribution in [0.2, 0.25) is 0 Å². The van der Waals surface area contributed by atoms with E-state index < -0.39 is 5.91 Å². The number of hydrogen-bond donors (Lipinski definition) is 1. The highest BCUT2D eigenvalue weighted by Crippen LogP contribution is 2.32. The van der Waals surface area contributed by atoms with Gasteiger partial charge in [-0.3, -0.25) is 4.79 Å². The van der Waals surface area contributed by atoms with E-state index in [2.05, 4.69) is 45.2 Å². The lowest BCUT2D eigenvalue weighted by atomic mass is 10.2. The number of halogens is 2. The fourth-order valence-electron chi connectivity index (χ4n) is 1.57.